The van der Waals surface area contributed by atoms with E-state index >= 15 is 0 Å². The van der Waals surface area contributed by atoms with E-state index in [2.05, 4.69) is 5.32 Å². The van der Waals surface area contributed by atoms with Gasteiger partial charge in [-0.1, -0.05) is 35.9 Å². The first-order valence-electron chi connectivity index (χ1n) is 7.85. The minimum Gasteiger partial charge on any atom is -0.398 e. The summed E-state index contributed by atoms with van der Waals surface area (Å²) in [6.45, 7) is 3.16. The molecule has 0 bridgehead atoms. The molecular weight excluding hydrogens is 382 g/mol. The van der Waals surface area contributed by atoms with Crippen molar-refractivity contribution in [1.82, 2.24) is 5.32 Å². The van der Waals surface area contributed by atoms with Crippen molar-refractivity contribution in [3.8, 4) is 5.06 Å². The van der Waals surface area contributed by atoms with E-state index in [1.165, 1.54) is 16.5 Å². The Balaban J connectivity index is 1.66. The van der Waals surface area contributed by atoms with Gasteiger partial charge in [-0.25, -0.2) is 13.2 Å². The third kappa shape index (κ3) is 3.68. The number of ether oxygens (including phenoxy) is 1. The van der Waals surface area contributed by atoms with Gasteiger partial charge in [-0.3, -0.25) is 0 Å². The molecule has 134 valence electrons. The maximum absolute atomic E-state index is 12.2. The van der Waals surface area contributed by atoms with Crippen molar-refractivity contribution in [2.24, 2.45) is 0 Å². The Kier molecular flexibility index (Phi) is 5.09. The number of thiophene rings is 1. The fraction of sp³-hybridized carbons (Fsp3) is 0.353. The number of halogens is 1. The van der Waals surface area contributed by atoms with Crippen molar-refractivity contribution in [2.75, 3.05) is 0 Å². The molecule has 1 aliphatic carbocycles. The van der Waals surface area contributed by atoms with Crippen LogP contribution in [0.5, 0.6) is 5.06 Å². The van der Waals surface area contributed by atoms with Crippen LogP contribution in [0, 0.1) is 0 Å². The summed E-state index contributed by atoms with van der Waals surface area (Å²) in [4.78, 5) is 12.1. The molecule has 2 aromatic rings. The lowest BCUT2D eigenvalue weighted by Gasteiger charge is -2.11. The predicted molar refractivity (Wildman–Crippen MR) is 98.4 cm³/mol. The number of nitrogens with one attached hydrogen (secondary N) is 1. The molecule has 1 N–H and O–H groups in total. The summed E-state index contributed by atoms with van der Waals surface area (Å²) < 4.78 is 29.7. The van der Waals surface area contributed by atoms with Crippen molar-refractivity contribution >= 4 is 38.9 Å². The SMILES string of the molecule is CC(C)S(=O)(=O)c1csc(OC(=O)NC2Cc3ccccc3C2)c1Cl. The third-order valence-corrected chi connectivity index (χ3v) is 7.93. The lowest BCUT2D eigenvalue weighted by molar-refractivity contribution is 0.198. The fourth-order valence-electron chi connectivity index (χ4n) is 2.77. The van der Waals surface area contributed by atoms with Crippen LogP contribution >= 0.6 is 22.9 Å². The van der Waals surface area contributed by atoms with Crippen LogP contribution in [0.2, 0.25) is 5.02 Å². The highest BCUT2D eigenvalue weighted by atomic mass is 35.5. The molecule has 0 unspecified atom stereocenters. The normalized spacial score (nSPS) is 14.6. The van der Waals surface area contributed by atoms with Gasteiger partial charge in [0.15, 0.2) is 9.84 Å². The maximum atomic E-state index is 12.2. The highest BCUT2D eigenvalue weighted by molar-refractivity contribution is 7.92. The first-order valence-corrected chi connectivity index (χ1v) is 10.7. The Morgan fingerprint density at radius 3 is 2.44 bits per heavy atom. The van der Waals surface area contributed by atoms with Crippen LogP contribution in [0.25, 0.3) is 0 Å². The first-order chi connectivity index (χ1) is 11.8. The number of sulfone groups is 1. The number of fused-ring (bicyclic) bond motifs is 1. The van der Waals surface area contributed by atoms with E-state index in [-0.39, 0.29) is 21.0 Å². The van der Waals surface area contributed by atoms with E-state index in [9.17, 15) is 13.2 Å². The molecule has 0 fully saturated rings. The number of amides is 1. The molecule has 3 rings (SSSR count). The van der Waals surface area contributed by atoms with Crippen molar-refractivity contribution < 1.29 is 17.9 Å². The quantitative estimate of drug-likeness (QED) is 0.847. The molecule has 1 aliphatic rings. The topological polar surface area (TPSA) is 72.5 Å². The summed E-state index contributed by atoms with van der Waals surface area (Å²) in [6.07, 6.45) is 0.863. The molecule has 0 spiro atoms. The summed E-state index contributed by atoms with van der Waals surface area (Å²) in [5.74, 6) is 0. The van der Waals surface area contributed by atoms with E-state index < -0.39 is 21.2 Å². The van der Waals surface area contributed by atoms with Crippen LogP contribution in [0.3, 0.4) is 0 Å². The first kappa shape index (κ1) is 18.2. The molecule has 0 saturated heterocycles. The second-order valence-corrected chi connectivity index (χ2v) is 9.90. The molecule has 0 atom stereocenters. The second kappa shape index (κ2) is 6.97. The summed E-state index contributed by atoms with van der Waals surface area (Å²) in [6, 6.07) is 7.99. The van der Waals surface area contributed by atoms with E-state index in [0.717, 1.165) is 24.2 Å². The zero-order chi connectivity index (χ0) is 18.2. The van der Waals surface area contributed by atoms with Gasteiger partial charge in [0.2, 0.25) is 5.06 Å². The molecule has 25 heavy (non-hydrogen) atoms. The third-order valence-electron chi connectivity index (χ3n) is 4.15. The number of benzene rings is 1. The van der Waals surface area contributed by atoms with Gasteiger partial charge in [-0.15, -0.1) is 11.3 Å². The molecular formula is C17H18ClNO4S2. The Bertz CT molecular complexity index is 880. The second-order valence-electron chi connectivity index (χ2n) is 6.20. The average Bonchev–Trinajstić information content (AvgIpc) is 3.10. The monoisotopic (exact) mass is 399 g/mol. The lowest BCUT2D eigenvalue weighted by atomic mass is 10.1. The summed E-state index contributed by atoms with van der Waals surface area (Å²) in [5.41, 5.74) is 2.43. The van der Waals surface area contributed by atoms with Gasteiger partial charge >= 0.3 is 6.09 Å². The van der Waals surface area contributed by atoms with Gasteiger partial charge in [-0.05, 0) is 37.8 Å². The standard InChI is InChI=1S/C17H18ClNO4S2/c1-10(2)25(21,22)14-9-24-16(15(14)18)23-17(20)19-13-7-11-5-3-4-6-12(11)8-13/h3-6,9-10,13H,7-8H2,1-2H3,(H,19,20). The number of hydrogen-bond acceptors (Lipinski definition) is 5. The average molecular weight is 400 g/mol. The van der Waals surface area contributed by atoms with E-state index in [1.54, 1.807) is 13.8 Å². The molecule has 0 saturated carbocycles. The highest BCUT2D eigenvalue weighted by Gasteiger charge is 2.28. The highest BCUT2D eigenvalue weighted by Crippen LogP contribution is 2.39. The maximum Gasteiger partial charge on any atom is 0.413 e. The van der Waals surface area contributed by atoms with Gasteiger partial charge in [0.1, 0.15) is 9.92 Å². The van der Waals surface area contributed by atoms with Crippen molar-refractivity contribution in [1.29, 1.82) is 0 Å². The van der Waals surface area contributed by atoms with Gasteiger partial charge in [0, 0.05) is 11.4 Å². The predicted octanol–water partition coefficient (Wildman–Crippen LogP) is 3.84. The Hall–Kier alpha value is -1.57. The molecule has 1 heterocycles. The van der Waals surface area contributed by atoms with Crippen LogP contribution in [0.1, 0.15) is 25.0 Å². The van der Waals surface area contributed by atoms with Gasteiger partial charge < -0.3 is 10.1 Å². The van der Waals surface area contributed by atoms with E-state index in [1.807, 2.05) is 24.3 Å². The largest absolute Gasteiger partial charge is 0.413 e. The molecule has 1 aromatic heterocycles. The Labute approximate surface area is 155 Å². The van der Waals surface area contributed by atoms with E-state index in [0.29, 0.717) is 0 Å². The molecule has 5 nitrogen and oxygen atoms in total. The molecule has 1 aromatic carbocycles. The van der Waals surface area contributed by atoms with Gasteiger partial charge in [0.25, 0.3) is 0 Å². The molecule has 0 radical (unpaired) electrons. The number of carbonyl (C=O) groups excluding carboxylic acids is 1. The van der Waals surface area contributed by atoms with E-state index in [4.69, 9.17) is 16.3 Å². The zero-order valence-electron chi connectivity index (χ0n) is 13.8. The number of carbonyl (C=O) groups is 1. The van der Waals surface area contributed by atoms with Gasteiger partial charge in [0.05, 0.1) is 5.25 Å². The summed E-state index contributed by atoms with van der Waals surface area (Å²) in [5, 5.41) is 3.67. The van der Waals surface area contributed by atoms with Crippen LogP contribution < -0.4 is 10.1 Å². The molecule has 1 amide bonds. The number of hydrogen-bond donors (Lipinski definition) is 1. The van der Waals surface area contributed by atoms with Crippen LogP contribution in [0.15, 0.2) is 34.5 Å². The summed E-state index contributed by atoms with van der Waals surface area (Å²) >= 11 is 7.11. The van der Waals surface area contributed by atoms with Crippen molar-refractivity contribution in [2.45, 2.75) is 42.9 Å². The summed E-state index contributed by atoms with van der Waals surface area (Å²) in [7, 11) is -3.51. The Morgan fingerprint density at radius 2 is 1.88 bits per heavy atom. The minimum atomic E-state index is -3.51. The van der Waals surface area contributed by atoms with Gasteiger partial charge in [-0.2, -0.15) is 0 Å². The fourth-order valence-corrected chi connectivity index (χ4v) is 5.65. The van der Waals surface area contributed by atoms with Crippen LogP contribution in [-0.4, -0.2) is 25.8 Å². The minimum absolute atomic E-state index is 0.00485. The van der Waals surface area contributed by atoms with Crippen LogP contribution in [-0.2, 0) is 22.7 Å². The van der Waals surface area contributed by atoms with Crippen molar-refractivity contribution in [3.05, 3.63) is 45.8 Å². The Morgan fingerprint density at radius 1 is 1.28 bits per heavy atom. The number of rotatable bonds is 4. The van der Waals surface area contributed by atoms with Crippen molar-refractivity contribution in [3.63, 3.8) is 0 Å². The molecule has 8 heteroatoms. The van der Waals surface area contributed by atoms with Crippen LogP contribution in [0.4, 0.5) is 4.79 Å². The zero-order valence-corrected chi connectivity index (χ0v) is 16.2. The molecule has 0 aliphatic heterocycles. The lowest BCUT2D eigenvalue weighted by Crippen LogP contribution is -2.37. The smallest absolute Gasteiger partial charge is 0.398 e.